The summed E-state index contributed by atoms with van der Waals surface area (Å²) < 4.78 is 0. The maximum absolute atomic E-state index is 10.5. The van der Waals surface area contributed by atoms with E-state index in [1.54, 1.807) is 0 Å². The van der Waals surface area contributed by atoms with Gasteiger partial charge in [0.15, 0.2) is 0 Å². The van der Waals surface area contributed by atoms with Crippen molar-refractivity contribution in [3.8, 4) is 0 Å². The van der Waals surface area contributed by atoms with Gasteiger partial charge < -0.3 is 4.90 Å². The third-order valence-corrected chi connectivity index (χ3v) is 1.94. The van der Waals surface area contributed by atoms with Crippen LogP contribution in [0, 0.1) is 5.92 Å². The highest BCUT2D eigenvalue weighted by Gasteiger charge is 2.01. The lowest BCUT2D eigenvalue weighted by Gasteiger charge is -2.17. The smallest absolute Gasteiger partial charge is 0.209 e. The van der Waals surface area contributed by atoms with Crippen molar-refractivity contribution in [2.75, 3.05) is 13.1 Å². The van der Waals surface area contributed by atoms with E-state index < -0.39 is 0 Å². The summed E-state index contributed by atoms with van der Waals surface area (Å²) in [5.74, 6) is 0.689. The number of hydrogen-bond donors (Lipinski definition) is 0. The zero-order valence-corrected chi connectivity index (χ0v) is 8.55. The van der Waals surface area contributed by atoms with Crippen molar-refractivity contribution in [3.05, 3.63) is 0 Å². The summed E-state index contributed by atoms with van der Waals surface area (Å²) in [5, 5.41) is 0. The first-order chi connectivity index (χ1) is 5.70. The minimum atomic E-state index is 0.689. The summed E-state index contributed by atoms with van der Waals surface area (Å²) in [7, 11) is 0. The van der Waals surface area contributed by atoms with Gasteiger partial charge in [-0.05, 0) is 18.8 Å². The van der Waals surface area contributed by atoms with E-state index in [0.29, 0.717) is 5.92 Å². The minimum absolute atomic E-state index is 0.689. The molecule has 0 spiro atoms. The summed E-state index contributed by atoms with van der Waals surface area (Å²) >= 11 is 0. The maximum atomic E-state index is 10.5. The highest BCUT2D eigenvalue weighted by atomic mass is 16.1. The lowest BCUT2D eigenvalue weighted by molar-refractivity contribution is -0.118. The molecular weight excluding hydrogens is 150 g/mol. The first-order valence-corrected chi connectivity index (χ1v) is 4.90. The number of unbranched alkanes of at least 4 members (excludes halogenated alkanes) is 1. The molecule has 1 amide bonds. The van der Waals surface area contributed by atoms with Crippen LogP contribution in [0.2, 0.25) is 0 Å². The SMILES string of the molecule is CCCCN(C=O)CCC(C)C. The van der Waals surface area contributed by atoms with Crippen LogP contribution >= 0.6 is 0 Å². The number of nitrogens with zero attached hydrogens (tertiary/aromatic N) is 1. The van der Waals surface area contributed by atoms with Gasteiger partial charge in [0.25, 0.3) is 0 Å². The van der Waals surface area contributed by atoms with E-state index in [4.69, 9.17) is 0 Å². The molecule has 0 aliphatic heterocycles. The molecule has 0 aliphatic carbocycles. The maximum Gasteiger partial charge on any atom is 0.209 e. The largest absolute Gasteiger partial charge is 0.345 e. The van der Waals surface area contributed by atoms with Crippen LogP contribution in [0.15, 0.2) is 0 Å². The Morgan fingerprint density at radius 1 is 1.33 bits per heavy atom. The Hall–Kier alpha value is -0.530. The van der Waals surface area contributed by atoms with Crippen LogP contribution in [-0.2, 0) is 4.79 Å². The van der Waals surface area contributed by atoms with Crippen molar-refractivity contribution in [3.63, 3.8) is 0 Å². The fourth-order valence-corrected chi connectivity index (χ4v) is 1.00. The van der Waals surface area contributed by atoms with E-state index in [1.165, 1.54) is 0 Å². The summed E-state index contributed by atoms with van der Waals surface area (Å²) in [4.78, 5) is 12.4. The third-order valence-electron chi connectivity index (χ3n) is 1.94. The summed E-state index contributed by atoms with van der Waals surface area (Å²) in [5.41, 5.74) is 0. The Bertz CT molecular complexity index is 112. The van der Waals surface area contributed by atoms with Crippen molar-refractivity contribution >= 4 is 6.41 Å². The van der Waals surface area contributed by atoms with Crippen molar-refractivity contribution in [1.82, 2.24) is 4.90 Å². The molecule has 0 saturated heterocycles. The lowest BCUT2D eigenvalue weighted by Crippen LogP contribution is -2.25. The molecule has 0 rings (SSSR count). The molecular formula is C10H21NO. The van der Waals surface area contributed by atoms with E-state index >= 15 is 0 Å². The van der Waals surface area contributed by atoms with E-state index in [1.807, 2.05) is 4.90 Å². The van der Waals surface area contributed by atoms with Gasteiger partial charge in [-0.3, -0.25) is 4.79 Å². The fourth-order valence-electron chi connectivity index (χ4n) is 1.00. The van der Waals surface area contributed by atoms with Gasteiger partial charge in [0.2, 0.25) is 6.41 Å². The van der Waals surface area contributed by atoms with Crippen LogP contribution < -0.4 is 0 Å². The highest BCUT2D eigenvalue weighted by Crippen LogP contribution is 2.01. The molecule has 72 valence electrons. The van der Waals surface area contributed by atoms with Gasteiger partial charge in [-0.2, -0.15) is 0 Å². The molecule has 2 heteroatoms. The zero-order chi connectivity index (χ0) is 9.40. The Labute approximate surface area is 75.9 Å². The molecule has 2 nitrogen and oxygen atoms in total. The molecule has 0 aliphatic rings. The molecule has 0 aromatic rings. The van der Waals surface area contributed by atoms with Crippen LogP contribution in [0.1, 0.15) is 40.0 Å². The number of amides is 1. The molecule has 0 aromatic carbocycles. The Morgan fingerprint density at radius 3 is 2.42 bits per heavy atom. The highest BCUT2D eigenvalue weighted by molar-refractivity contribution is 5.46. The number of carbonyl (C=O) groups is 1. The number of rotatable bonds is 7. The quantitative estimate of drug-likeness (QED) is 0.538. The van der Waals surface area contributed by atoms with E-state index in [0.717, 1.165) is 38.8 Å². The topological polar surface area (TPSA) is 20.3 Å². The number of hydrogen-bond acceptors (Lipinski definition) is 1. The van der Waals surface area contributed by atoms with Crippen molar-refractivity contribution in [2.45, 2.75) is 40.0 Å². The fraction of sp³-hybridized carbons (Fsp3) is 0.900. The second-order valence-electron chi connectivity index (χ2n) is 3.68. The standard InChI is InChI=1S/C10H21NO/c1-4-5-7-11(9-12)8-6-10(2)3/h9-10H,4-8H2,1-3H3. The average molecular weight is 171 g/mol. The number of carbonyl (C=O) groups excluding carboxylic acids is 1. The van der Waals surface area contributed by atoms with Crippen molar-refractivity contribution < 1.29 is 4.79 Å². The van der Waals surface area contributed by atoms with Crippen molar-refractivity contribution in [1.29, 1.82) is 0 Å². The molecule has 0 heterocycles. The van der Waals surface area contributed by atoms with E-state index in [2.05, 4.69) is 20.8 Å². The molecule has 0 saturated carbocycles. The van der Waals surface area contributed by atoms with Crippen LogP contribution in [0.5, 0.6) is 0 Å². The van der Waals surface area contributed by atoms with E-state index in [9.17, 15) is 4.79 Å². The summed E-state index contributed by atoms with van der Waals surface area (Å²) in [6.45, 7) is 8.35. The Kier molecular flexibility index (Phi) is 6.82. The normalized spacial score (nSPS) is 10.3. The second kappa shape index (κ2) is 7.14. The van der Waals surface area contributed by atoms with Crippen molar-refractivity contribution in [2.24, 2.45) is 5.92 Å². The summed E-state index contributed by atoms with van der Waals surface area (Å²) in [6, 6.07) is 0. The van der Waals surface area contributed by atoms with Gasteiger partial charge >= 0.3 is 0 Å². The average Bonchev–Trinajstić information content (AvgIpc) is 2.05. The Balaban J connectivity index is 3.46. The first kappa shape index (κ1) is 11.5. The molecule has 0 fully saturated rings. The van der Waals surface area contributed by atoms with Gasteiger partial charge in [0.1, 0.15) is 0 Å². The summed E-state index contributed by atoms with van der Waals surface area (Å²) in [6.07, 6.45) is 4.36. The van der Waals surface area contributed by atoms with Gasteiger partial charge in [-0.1, -0.05) is 27.2 Å². The minimum Gasteiger partial charge on any atom is -0.345 e. The zero-order valence-electron chi connectivity index (χ0n) is 8.55. The monoisotopic (exact) mass is 171 g/mol. The molecule has 0 atom stereocenters. The first-order valence-electron chi connectivity index (χ1n) is 4.90. The molecule has 0 bridgehead atoms. The second-order valence-corrected chi connectivity index (χ2v) is 3.68. The predicted molar refractivity (Wildman–Crippen MR) is 52.0 cm³/mol. The molecule has 0 radical (unpaired) electrons. The molecule has 0 aromatic heterocycles. The molecule has 12 heavy (non-hydrogen) atoms. The van der Waals surface area contributed by atoms with Crippen LogP contribution in [0.25, 0.3) is 0 Å². The molecule has 0 N–H and O–H groups in total. The van der Waals surface area contributed by atoms with Gasteiger partial charge in [-0.15, -0.1) is 0 Å². The van der Waals surface area contributed by atoms with Gasteiger partial charge in [0.05, 0.1) is 0 Å². The van der Waals surface area contributed by atoms with Gasteiger partial charge in [-0.25, -0.2) is 0 Å². The van der Waals surface area contributed by atoms with Gasteiger partial charge in [0, 0.05) is 13.1 Å². The van der Waals surface area contributed by atoms with Crippen LogP contribution in [0.3, 0.4) is 0 Å². The van der Waals surface area contributed by atoms with E-state index in [-0.39, 0.29) is 0 Å². The third kappa shape index (κ3) is 6.20. The predicted octanol–water partition coefficient (Wildman–Crippen LogP) is 2.29. The molecule has 0 unspecified atom stereocenters. The lowest BCUT2D eigenvalue weighted by atomic mass is 10.1. The Morgan fingerprint density at radius 2 is 2.00 bits per heavy atom. The van der Waals surface area contributed by atoms with Crippen LogP contribution in [-0.4, -0.2) is 24.4 Å². The van der Waals surface area contributed by atoms with Crippen LogP contribution in [0.4, 0.5) is 0 Å².